The fraction of sp³-hybridized carbons (Fsp3) is 0.875. The van der Waals surface area contributed by atoms with Crippen LogP contribution in [-0.4, -0.2) is 22.9 Å². The molecule has 1 atom stereocenters. The van der Waals surface area contributed by atoms with Gasteiger partial charge in [-0.3, -0.25) is 0 Å². The number of aliphatic hydroxyl groups is 2. The lowest BCUT2D eigenvalue weighted by atomic mass is 10.1. The van der Waals surface area contributed by atoms with Gasteiger partial charge in [0.15, 0.2) is 0 Å². The molecule has 0 aliphatic rings. The summed E-state index contributed by atoms with van der Waals surface area (Å²) in [6.45, 7) is 2.10. The van der Waals surface area contributed by atoms with E-state index in [1.165, 1.54) is 51.4 Å². The lowest BCUT2D eigenvalue weighted by molar-refractivity contribution is 0.0895. The molecule has 0 unspecified atom stereocenters. The molecule has 2 N–H and O–H groups in total. The fourth-order valence-electron chi connectivity index (χ4n) is 1.85. The smallest absolute Gasteiger partial charge is 0.0780 e. The molecule has 0 heterocycles. The Balaban J connectivity index is 3.13. The lowest BCUT2D eigenvalue weighted by Gasteiger charge is -2.01. The average Bonchev–Trinajstić information content (AvgIpc) is 2.39. The van der Waals surface area contributed by atoms with E-state index in [0.717, 1.165) is 6.42 Å². The Morgan fingerprint density at radius 3 is 2.00 bits per heavy atom. The van der Waals surface area contributed by atoms with Gasteiger partial charge in [-0.2, -0.15) is 0 Å². The van der Waals surface area contributed by atoms with Crippen LogP contribution < -0.4 is 0 Å². The van der Waals surface area contributed by atoms with Crippen molar-refractivity contribution in [2.75, 3.05) is 6.61 Å². The molecule has 0 aliphatic heterocycles. The van der Waals surface area contributed by atoms with E-state index in [-0.39, 0.29) is 6.61 Å². The minimum atomic E-state index is -0.595. The largest absolute Gasteiger partial charge is 0.394 e. The maximum atomic E-state index is 9.10. The molecule has 0 aromatic carbocycles. The van der Waals surface area contributed by atoms with Gasteiger partial charge < -0.3 is 10.2 Å². The van der Waals surface area contributed by atoms with Gasteiger partial charge in [-0.15, -0.1) is 11.8 Å². The SMILES string of the molecule is CCCCCCCCCCC#CCC[C@H](O)CO. The summed E-state index contributed by atoms with van der Waals surface area (Å²) in [4.78, 5) is 0. The summed E-state index contributed by atoms with van der Waals surface area (Å²) in [6.07, 6.45) is 12.3. The number of hydrogen-bond acceptors (Lipinski definition) is 2. The predicted octanol–water partition coefficient (Wildman–Crippen LogP) is 3.65. The second kappa shape index (κ2) is 14.5. The van der Waals surface area contributed by atoms with Crippen molar-refractivity contribution in [3.63, 3.8) is 0 Å². The first kappa shape index (κ1) is 17.5. The van der Waals surface area contributed by atoms with Crippen LogP contribution in [0.15, 0.2) is 0 Å². The zero-order valence-electron chi connectivity index (χ0n) is 12.0. The molecule has 0 amide bonds. The molecule has 2 nitrogen and oxygen atoms in total. The van der Waals surface area contributed by atoms with Crippen LogP contribution in [0.4, 0.5) is 0 Å². The van der Waals surface area contributed by atoms with Gasteiger partial charge in [0.25, 0.3) is 0 Å². The molecule has 0 spiro atoms. The van der Waals surface area contributed by atoms with Crippen molar-refractivity contribution in [2.45, 2.75) is 83.7 Å². The van der Waals surface area contributed by atoms with Gasteiger partial charge in [0.2, 0.25) is 0 Å². The Morgan fingerprint density at radius 1 is 0.833 bits per heavy atom. The standard InChI is InChI=1S/C16H30O2/c1-2-3-4-5-6-7-8-9-10-11-12-13-14-16(18)15-17/h16-18H,2-10,13-15H2,1H3/t16-/m0/s1. The normalized spacial score (nSPS) is 11.9. The minimum Gasteiger partial charge on any atom is -0.394 e. The van der Waals surface area contributed by atoms with Crippen molar-refractivity contribution in [1.82, 2.24) is 0 Å². The van der Waals surface area contributed by atoms with E-state index < -0.39 is 6.10 Å². The van der Waals surface area contributed by atoms with Crippen molar-refractivity contribution in [3.8, 4) is 11.8 Å². The van der Waals surface area contributed by atoms with Crippen molar-refractivity contribution in [3.05, 3.63) is 0 Å². The zero-order chi connectivity index (χ0) is 13.5. The Bertz CT molecular complexity index is 215. The Hall–Kier alpha value is -0.520. The van der Waals surface area contributed by atoms with Crippen LogP contribution in [0.1, 0.15) is 77.6 Å². The van der Waals surface area contributed by atoms with Crippen LogP contribution in [0, 0.1) is 11.8 Å². The summed E-state index contributed by atoms with van der Waals surface area (Å²) in [5.74, 6) is 6.18. The van der Waals surface area contributed by atoms with Crippen molar-refractivity contribution >= 4 is 0 Å². The third-order valence-corrected chi connectivity index (χ3v) is 3.09. The van der Waals surface area contributed by atoms with E-state index in [2.05, 4.69) is 18.8 Å². The van der Waals surface area contributed by atoms with Gasteiger partial charge in [-0.25, -0.2) is 0 Å². The van der Waals surface area contributed by atoms with Gasteiger partial charge in [-0.05, 0) is 12.8 Å². The second-order valence-electron chi connectivity index (χ2n) is 4.95. The quantitative estimate of drug-likeness (QED) is 0.436. The summed E-state index contributed by atoms with van der Waals surface area (Å²) in [7, 11) is 0. The van der Waals surface area contributed by atoms with Crippen LogP contribution in [0.25, 0.3) is 0 Å². The average molecular weight is 254 g/mol. The van der Waals surface area contributed by atoms with Crippen LogP contribution in [0.5, 0.6) is 0 Å². The number of rotatable bonds is 11. The molecule has 106 valence electrons. The van der Waals surface area contributed by atoms with Crippen molar-refractivity contribution < 1.29 is 10.2 Å². The van der Waals surface area contributed by atoms with Crippen LogP contribution in [-0.2, 0) is 0 Å². The first-order valence-electron chi connectivity index (χ1n) is 7.56. The second-order valence-corrected chi connectivity index (χ2v) is 4.95. The fourth-order valence-corrected chi connectivity index (χ4v) is 1.85. The van der Waals surface area contributed by atoms with E-state index in [0.29, 0.717) is 12.8 Å². The molecule has 0 aromatic rings. The maximum Gasteiger partial charge on any atom is 0.0780 e. The highest BCUT2D eigenvalue weighted by atomic mass is 16.3. The number of aliphatic hydroxyl groups excluding tert-OH is 2. The molecule has 0 aromatic heterocycles. The van der Waals surface area contributed by atoms with Crippen LogP contribution >= 0.6 is 0 Å². The highest BCUT2D eigenvalue weighted by Crippen LogP contribution is 2.09. The highest BCUT2D eigenvalue weighted by molar-refractivity contribution is 4.98. The summed E-state index contributed by atoms with van der Waals surface area (Å²) in [6, 6.07) is 0. The van der Waals surface area contributed by atoms with Crippen molar-refractivity contribution in [1.29, 1.82) is 0 Å². The van der Waals surface area contributed by atoms with E-state index >= 15 is 0 Å². The Kier molecular flexibility index (Phi) is 14.1. The summed E-state index contributed by atoms with van der Waals surface area (Å²) in [5.41, 5.74) is 0. The maximum absolute atomic E-state index is 9.10. The predicted molar refractivity (Wildman–Crippen MR) is 77.3 cm³/mol. The molecule has 0 saturated carbocycles. The Labute approximate surface area is 113 Å². The first-order valence-corrected chi connectivity index (χ1v) is 7.56. The molecule has 18 heavy (non-hydrogen) atoms. The van der Waals surface area contributed by atoms with E-state index in [9.17, 15) is 0 Å². The first-order chi connectivity index (χ1) is 8.81. The summed E-state index contributed by atoms with van der Waals surface area (Å²) in [5, 5.41) is 17.7. The number of unbranched alkanes of at least 4 members (excludes halogenated alkanes) is 8. The molecule has 0 aliphatic carbocycles. The summed E-state index contributed by atoms with van der Waals surface area (Å²) >= 11 is 0. The third-order valence-electron chi connectivity index (χ3n) is 3.09. The van der Waals surface area contributed by atoms with Crippen molar-refractivity contribution in [2.24, 2.45) is 0 Å². The Morgan fingerprint density at radius 2 is 1.39 bits per heavy atom. The van der Waals surface area contributed by atoms with Crippen LogP contribution in [0.3, 0.4) is 0 Å². The molecular weight excluding hydrogens is 224 g/mol. The molecule has 0 fully saturated rings. The highest BCUT2D eigenvalue weighted by Gasteiger charge is 1.97. The molecule has 0 rings (SSSR count). The zero-order valence-corrected chi connectivity index (χ0v) is 12.0. The monoisotopic (exact) mass is 254 g/mol. The molecule has 2 heteroatoms. The van der Waals surface area contributed by atoms with E-state index in [1.807, 2.05) is 0 Å². The topological polar surface area (TPSA) is 40.5 Å². The third kappa shape index (κ3) is 13.5. The molecule has 0 saturated heterocycles. The molecule has 0 bridgehead atoms. The van der Waals surface area contributed by atoms with Gasteiger partial charge in [-0.1, -0.05) is 51.9 Å². The van der Waals surface area contributed by atoms with Crippen LogP contribution in [0.2, 0.25) is 0 Å². The van der Waals surface area contributed by atoms with Gasteiger partial charge in [0.1, 0.15) is 0 Å². The van der Waals surface area contributed by atoms with E-state index in [1.54, 1.807) is 0 Å². The van der Waals surface area contributed by atoms with Gasteiger partial charge >= 0.3 is 0 Å². The van der Waals surface area contributed by atoms with Gasteiger partial charge in [0.05, 0.1) is 12.7 Å². The van der Waals surface area contributed by atoms with E-state index in [4.69, 9.17) is 10.2 Å². The lowest BCUT2D eigenvalue weighted by Crippen LogP contribution is -2.10. The molecule has 0 radical (unpaired) electrons. The van der Waals surface area contributed by atoms with Gasteiger partial charge in [0, 0.05) is 12.8 Å². The number of hydrogen-bond donors (Lipinski definition) is 2. The minimum absolute atomic E-state index is 0.153. The summed E-state index contributed by atoms with van der Waals surface area (Å²) < 4.78 is 0. The molecular formula is C16H30O2.